The molecule has 94 valence electrons. The molecule has 1 unspecified atom stereocenters. The van der Waals surface area contributed by atoms with Gasteiger partial charge in [0, 0.05) is 12.6 Å². The van der Waals surface area contributed by atoms with Crippen LogP contribution in [0, 0.1) is 0 Å². The molecule has 0 saturated carbocycles. The van der Waals surface area contributed by atoms with Crippen LogP contribution in [0.25, 0.3) is 0 Å². The first-order valence-corrected chi connectivity index (χ1v) is 5.35. The number of imide groups is 1. The molecule has 1 aliphatic rings. The summed E-state index contributed by atoms with van der Waals surface area (Å²) in [6.45, 7) is 0. The molecule has 2 heterocycles. The Morgan fingerprint density at radius 3 is 2.89 bits per heavy atom. The summed E-state index contributed by atoms with van der Waals surface area (Å²) < 4.78 is 0. The Bertz CT molecular complexity index is 515. The smallest absolute Gasteiger partial charge is 0.253 e. The zero-order valence-electron chi connectivity index (χ0n) is 9.34. The molecule has 1 aliphatic heterocycles. The normalized spacial score (nSPS) is 19.2. The molecule has 0 bridgehead atoms. The number of hydrogen-bond acceptors (Lipinski definition) is 5. The van der Waals surface area contributed by atoms with Crippen LogP contribution >= 0.6 is 0 Å². The van der Waals surface area contributed by atoms with Crippen LogP contribution in [0.4, 0.5) is 0 Å². The van der Waals surface area contributed by atoms with Gasteiger partial charge in [0.2, 0.25) is 11.8 Å². The maximum atomic E-state index is 11.8. The van der Waals surface area contributed by atoms with Crippen molar-refractivity contribution in [1.82, 2.24) is 15.6 Å². The number of aromatic hydroxyl groups is 1. The van der Waals surface area contributed by atoms with Gasteiger partial charge in [0.1, 0.15) is 11.8 Å². The molecule has 1 saturated heterocycles. The van der Waals surface area contributed by atoms with E-state index in [1.54, 1.807) is 0 Å². The zero-order chi connectivity index (χ0) is 13.1. The van der Waals surface area contributed by atoms with Gasteiger partial charge in [0.25, 0.3) is 5.91 Å². The van der Waals surface area contributed by atoms with E-state index in [0.717, 1.165) is 0 Å². The lowest BCUT2D eigenvalue weighted by molar-refractivity contribution is -0.134. The molecule has 1 fully saturated rings. The molecular weight excluding hydrogens is 238 g/mol. The summed E-state index contributed by atoms with van der Waals surface area (Å²) in [6, 6.07) is 0.506. The van der Waals surface area contributed by atoms with Crippen molar-refractivity contribution in [2.75, 3.05) is 0 Å². The number of rotatable bonds is 2. The summed E-state index contributed by atoms with van der Waals surface area (Å²) in [5, 5.41) is 13.8. The molecular formula is C11H11N3O4. The second-order valence-electron chi connectivity index (χ2n) is 3.91. The third-order valence-corrected chi connectivity index (χ3v) is 2.53. The van der Waals surface area contributed by atoms with Crippen molar-refractivity contribution in [2.45, 2.75) is 18.9 Å². The van der Waals surface area contributed by atoms with Crippen molar-refractivity contribution >= 4 is 17.7 Å². The fraction of sp³-hybridized carbons (Fsp3) is 0.273. The number of piperidine rings is 1. The van der Waals surface area contributed by atoms with E-state index in [9.17, 15) is 19.5 Å². The van der Waals surface area contributed by atoms with Crippen LogP contribution < -0.4 is 10.6 Å². The average Bonchev–Trinajstić information content (AvgIpc) is 2.32. The van der Waals surface area contributed by atoms with Crippen LogP contribution in [-0.4, -0.2) is 33.9 Å². The standard InChI is InChI=1S/C11H11N3O4/c15-7-3-6(4-12-5-7)10(17)13-8-1-2-9(16)14-11(8)18/h3-5,8,15H,1-2H2,(H,13,17)(H,14,16,18). The molecule has 1 aromatic rings. The molecule has 3 amide bonds. The number of nitrogens with zero attached hydrogens (tertiary/aromatic N) is 1. The number of nitrogens with one attached hydrogen (secondary N) is 2. The van der Waals surface area contributed by atoms with Gasteiger partial charge in [-0.2, -0.15) is 0 Å². The van der Waals surface area contributed by atoms with E-state index in [0.29, 0.717) is 0 Å². The minimum absolute atomic E-state index is 0.133. The van der Waals surface area contributed by atoms with Gasteiger partial charge in [-0.1, -0.05) is 0 Å². The maximum absolute atomic E-state index is 11.8. The highest BCUT2D eigenvalue weighted by Gasteiger charge is 2.28. The summed E-state index contributed by atoms with van der Waals surface area (Å²) in [5.74, 6) is -1.52. The molecule has 0 aliphatic carbocycles. The summed E-state index contributed by atoms with van der Waals surface area (Å²) >= 11 is 0. The van der Waals surface area contributed by atoms with Crippen LogP contribution in [0.5, 0.6) is 5.75 Å². The largest absolute Gasteiger partial charge is 0.506 e. The fourth-order valence-corrected chi connectivity index (χ4v) is 1.62. The predicted octanol–water partition coefficient (Wildman–Crippen LogP) is -0.678. The van der Waals surface area contributed by atoms with Gasteiger partial charge in [-0.05, 0) is 12.5 Å². The lowest BCUT2D eigenvalue weighted by Gasteiger charge is -2.21. The minimum atomic E-state index is -0.738. The van der Waals surface area contributed by atoms with Gasteiger partial charge in [0.15, 0.2) is 0 Å². The molecule has 1 atom stereocenters. The third kappa shape index (κ3) is 2.62. The molecule has 18 heavy (non-hydrogen) atoms. The first kappa shape index (κ1) is 12.0. The predicted molar refractivity (Wildman–Crippen MR) is 59.5 cm³/mol. The molecule has 2 rings (SSSR count). The van der Waals surface area contributed by atoms with Gasteiger partial charge < -0.3 is 10.4 Å². The van der Waals surface area contributed by atoms with Crippen molar-refractivity contribution in [3.8, 4) is 5.75 Å². The number of pyridine rings is 1. The first-order valence-electron chi connectivity index (χ1n) is 5.35. The minimum Gasteiger partial charge on any atom is -0.506 e. The summed E-state index contributed by atoms with van der Waals surface area (Å²) in [7, 11) is 0. The highest BCUT2D eigenvalue weighted by Crippen LogP contribution is 2.10. The van der Waals surface area contributed by atoms with Crippen molar-refractivity contribution in [2.24, 2.45) is 0 Å². The Morgan fingerprint density at radius 1 is 1.44 bits per heavy atom. The van der Waals surface area contributed by atoms with Gasteiger partial charge in [0.05, 0.1) is 11.8 Å². The zero-order valence-corrected chi connectivity index (χ0v) is 9.34. The van der Waals surface area contributed by atoms with E-state index in [-0.39, 0.29) is 30.1 Å². The molecule has 0 aromatic carbocycles. The van der Waals surface area contributed by atoms with Crippen molar-refractivity contribution in [3.63, 3.8) is 0 Å². The number of carbonyl (C=O) groups is 3. The van der Waals surface area contributed by atoms with Gasteiger partial charge in [-0.15, -0.1) is 0 Å². The third-order valence-electron chi connectivity index (χ3n) is 2.53. The summed E-state index contributed by atoms with van der Waals surface area (Å²) in [4.78, 5) is 37.8. The molecule has 7 nitrogen and oxygen atoms in total. The van der Waals surface area contributed by atoms with Crippen molar-refractivity contribution in [1.29, 1.82) is 0 Å². The Kier molecular flexibility index (Phi) is 3.22. The quantitative estimate of drug-likeness (QED) is 0.602. The van der Waals surface area contributed by atoms with E-state index in [2.05, 4.69) is 15.6 Å². The SMILES string of the molecule is O=C1CCC(NC(=O)c2cncc(O)c2)C(=O)N1. The summed E-state index contributed by atoms with van der Waals surface area (Å²) in [6.07, 6.45) is 2.93. The van der Waals surface area contributed by atoms with Gasteiger partial charge >= 0.3 is 0 Å². The Balaban J connectivity index is 2.03. The number of aromatic nitrogens is 1. The monoisotopic (exact) mass is 249 g/mol. The second-order valence-corrected chi connectivity index (χ2v) is 3.91. The molecule has 3 N–H and O–H groups in total. The molecule has 0 radical (unpaired) electrons. The molecule has 0 spiro atoms. The molecule has 1 aromatic heterocycles. The highest BCUT2D eigenvalue weighted by molar-refractivity contribution is 6.03. The number of carbonyl (C=O) groups excluding carboxylic acids is 3. The Labute approximate surface area is 102 Å². The number of hydrogen-bond donors (Lipinski definition) is 3. The summed E-state index contributed by atoms with van der Waals surface area (Å²) in [5.41, 5.74) is 0.153. The van der Waals surface area contributed by atoms with E-state index in [1.807, 2.05) is 0 Å². The molecule has 7 heteroatoms. The topological polar surface area (TPSA) is 108 Å². The van der Waals surface area contributed by atoms with Crippen molar-refractivity contribution in [3.05, 3.63) is 24.0 Å². The van der Waals surface area contributed by atoms with Crippen molar-refractivity contribution < 1.29 is 19.5 Å². The number of amides is 3. The van der Waals surface area contributed by atoms with Gasteiger partial charge in [-0.25, -0.2) is 0 Å². The Hall–Kier alpha value is -2.44. The lowest BCUT2D eigenvalue weighted by atomic mass is 10.1. The van der Waals surface area contributed by atoms with E-state index < -0.39 is 17.9 Å². The first-order chi connectivity index (χ1) is 8.56. The van der Waals surface area contributed by atoms with Crippen LogP contribution in [-0.2, 0) is 9.59 Å². The van der Waals surface area contributed by atoms with E-state index in [4.69, 9.17) is 0 Å². The van der Waals surface area contributed by atoms with Gasteiger partial charge in [-0.3, -0.25) is 24.7 Å². The van der Waals surface area contributed by atoms with Crippen LogP contribution in [0.1, 0.15) is 23.2 Å². The fourth-order valence-electron chi connectivity index (χ4n) is 1.62. The van der Waals surface area contributed by atoms with E-state index in [1.165, 1.54) is 18.5 Å². The van der Waals surface area contributed by atoms with Crippen LogP contribution in [0.15, 0.2) is 18.5 Å². The Morgan fingerprint density at radius 2 is 2.22 bits per heavy atom. The second kappa shape index (κ2) is 4.82. The van der Waals surface area contributed by atoms with Crippen LogP contribution in [0.3, 0.4) is 0 Å². The van der Waals surface area contributed by atoms with Crippen LogP contribution in [0.2, 0.25) is 0 Å². The highest BCUT2D eigenvalue weighted by atomic mass is 16.3. The maximum Gasteiger partial charge on any atom is 0.253 e. The van der Waals surface area contributed by atoms with E-state index >= 15 is 0 Å². The lowest BCUT2D eigenvalue weighted by Crippen LogP contribution is -2.52. The average molecular weight is 249 g/mol.